The van der Waals surface area contributed by atoms with E-state index in [-0.39, 0.29) is 30.5 Å². The summed E-state index contributed by atoms with van der Waals surface area (Å²) in [6.45, 7) is 7.63. The van der Waals surface area contributed by atoms with Gasteiger partial charge in [-0.15, -0.1) is 0 Å². The Morgan fingerprint density at radius 2 is 1.73 bits per heavy atom. The molecule has 0 aromatic carbocycles. The second-order valence-electron chi connectivity index (χ2n) is 12.4. The summed E-state index contributed by atoms with van der Waals surface area (Å²) in [7, 11) is 1.24. The highest BCUT2D eigenvalue weighted by molar-refractivity contribution is 5.97. The SMILES string of the molecule is COC(=O)C1C[C@@H](OC(=O)N2C=C3CCCCC3CC2)CN1C(=O)[C@@H](NC(=O)[C@@H](NC(=O)c1cnccn1)C(C)C)C(C)C. The second-order valence-corrected chi connectivity index (χ2v) is 12.4. The maximum atomic E-state index is 13.9. The zero-order valence-corrected chi connectivity index (χ0v) is 26.2. The van der Waals surface area contributed by atoms with Crippen LogP contribution in [0.15, 0.2) is 30.4 Å². The molecule has 240 valence electrons. The van der Waals surface area contributed by atoms with Gasteiger partial charge in [-0.2, -0.15) is 0 Å². The average molecular weight is 613 g/mol. The van der Waals surface area contributed by atoms with E-state index in [2.05, 4.69) is 20.6 Å². The zero-order chi connectivity index (χ0) is 32.0. The Morgan fingerprint density at radius 1 is 0.977 bits per heavy atom. The minimum absolute atomic E-state index is 0.0203. The van der Waals surface area contributed by atoms with Crippen molar-refractivity contribution in [2.45, 2.75) is 90.4 Å². The van der Waals surface area contributed by atoms with Crippen molar-refractivity contribution in [2.75, 3.05) is 20.2 Å². The number of carbonyl (C=O) groups excluding carboxylic acids is 5. The van der Waals surface area contributed by atoms with Gasteiger partial charge in [0.25, 0.3) is 5.91 Å². The molecule has 3 aliphatic rings. The smallest absolute Gasteiger partial charge is 0.414 e. The molecule has 1 aliphatic carbocycles. The van der Waals surface area contributed by atoms with Gasteiger partial charge < -0.3 is 25.0 Å². The van der Waals surface area contributed by atoms with E-state index >= 15 is 0 Å². The number of amides is 4. The molecule has 1 saturated carbocycles. The number of hydrogen-bond acceptors (Lipinski definition) is 9. The Bertz CT molecular complexity index is 1250. The highest BCUT2D eigenvalue weighted by Crippen LogP contribution is 2.35. The maximum absolute atomic E-state index is 13.9. The number of esters is 1. The number of methoxy groups -OCH3 is 1. The lowest BCUT2D eigenvalue weighted by molar-refractivity contribution is -0.152. The van der Waals surface area contributed by atoms with Gasteiger partial charge in [-0.05, 0) is 43.4 Å². The van der Waals surface area contributed by atoms with Crippen LogP contribution in [-0.2, 0) is 23.9 Å². The van der Waals surface area contributed by atoms with Crippen LogP contribution in [0.5, 0.6) is 0 Å². The van der Waals surface area contributed by atoms with E-state index in [4.69, 9.17) is 9.47 Å². The first-order valence-electron chi connectivity index (χ1n) is 15.4. The molecule has 13 nitrogen and oxygen atoms in total. The van der Waals surface area contributed by atoms with Gasteiger partial charge in [0, 0.05) is 31.6 Å². The number of hydrogen-bond donors (Lipinski definition) is 2. The third-order valence-corrected chi connectivity index (χ3v) is 8.62. The molecule has 2 aliphatic heterocycles. The van der Waals surface area contributed by atoms with Crippen LogP contribution >= 0.6 is 0 Å². The van der Waals surface area contributed by atoms with Crippen LogP contribution in [0, 0.1) is 17.8 Å². The van der Waals surface area contributed by atoms with Crippen molar-refractivity contribution in [3.05, 3.63) is 36.1 Å². The summed E-state index contributed by atoms with van der Waals surface area (Å²) in [5, 5.41) is 5.47. The maximum Gasteiger partial charge on any atom is 0.414 e. The van der Waals surface area contributed by atoms with Gasteiger partial charge in [0.15, 0.2) is 0 Å². The first kappa shape index (κ1) is 32.9. The van der Waals surface area contributed by atoms with E-state index in [0.717, 1.165) is 25.7 Å². The fraction of sp³-hybridized carbons (Fsp3) is 0.645. The van der Waals surface area contributed by atoms with Crippen molar-refractivity contribution in [2.24, 2.45) is 17.8 Å². The normalized spacial score (nSPS) is 22.9. The van der Waals surface area contributed by atoms with Gasteiger partial charge in [0.05, 0.1) is 19.9 Å². The summed E-state index contributed by atoms with van der Waals surface area (Å²) in [6, 6.07) is -2.97. The minimum Gasteiger partial charge on any atom is -0.467 e. The molecule has 4 amide bonds. The van der Waals surface area contributed by atoms with Crippen molar-refractivity contribution in [1.29, 1.82) is 0 Å². The molecule has 2 N–H and O–H groups in total. The van der Waals surface area contributed by atoms with Crippen LogP contribution in [0.3, 0.4) is 0 Å². The molecule has 0 bridgehead atoms. The lowest BCUT2D eigenvalue weighted by Crippen LogP contribution is -2.58. The third kappa shape index (κ3) is 7.72. The Morgan fingerprint density at radius 3 is 2.39 bits per heavy atom. The Kier molecular flexibility index (Phi) is 10.9. The van der Waals surface area contributed by atoms with E-state index in [9.17, 15) is 24.0 Å². The third-order valence-electron chi connectivity index (χ3n) is 8.62. The van der Waals surface area contributed by atoms with Crippen LogP contribution in [-0.4, -0.2) is 94.0 Å². The van der Waals surface area contributed by atoms with Crippen molar-refractivity contribution >= 4 is 29.8 Å². The van der Waals surface area contributed by atoms with E-state index in [1.165, 1.54) is 42.6 Å². The van der Waals surface area contributed by atoms with Crippen LogP contribution in [0.4, 0.5) is 4.79 Å². The first-order chi connectivity index (χ1) is 21.0. The van der Waals surface area contributed by atoms with Gasteiger partial charge in [-0.3, -0.25) is 24.3 Å². The van der Waals surface area contributed by atoms with Crippen molar-refractivity contribution in [3.63, 3.8) is 0 Å². The summed E-state index contributed by atoms with van der Waals surface area (Å²) in [4.78, 5) is 76.7. The van der Waals surface area contributed by atoms with Gasteiger partial charge in [0.1, 0.15) is 29.9 Å². The molecular formula is C31H44N6O7. The van der Waals surface area contributed by atoms with Gasteiger partial charge in [0.2, 0.25) is 11.8 Å². The van der Waals surface area contributed by atoms with Crippen LogP contribution in [0.25, 0.3) is 0 Å². The number of likely N-dealkylation sites (tertiary alicyclic amines) is 1. The monoisotopic (exact) mass is 612 g/mol. The quantitative estimate of drug-likeness (QED) is 0.399. The molecule has 1 aromatic rings. The Labute approximate surface area is 258 Å². The van der Waals surface area contributed by atoms with Crippen LogP contribution < -0.4 is 10.6 Å². The number of nitrogens with zero attached hydrogens (tertiary/aromatic N) is 4. The number of ether oxygens (including phenoxy) is 2. The topological polar surface area (TPSA) is 160 Å². The van der Waals surface area contributed by atoms with Crippen molar-refractivity contribution in [3.8, 4) is 0 Å². The first-order valence-corrected chi connectivity index (χ1v) is 15.4. The van der Waals surface area contributed by atoms with Crippen LogP contribution in [0.2, 0.25) is 0 Å². The molecule has 4 rings (SSSR count). The second kappa shape index (κ2) is 14.6. The van der Waals surface area contributed by atoms with Gasteiger partial charge >= 0.3 is 12.1 Å². The molecule has 5 atom stereocenters. The summed E-state index contributed by atoms with van der Waals surface area (Å²) < 4.78 is 10.8. The standard InChI is InChI=1S/C31H44N6O7/c1-18(2)25(34-27(38)23-15-32-11-12-33-23)28(39)35-26(19(3)4)29(40)37-17-22(14-24(37)30(41)43-5)44-31(42)36-13-10-20-8-6-7-9-21(20)16-36/h11-12,15-16,18-20,22,24-26H,6-10,13-14,17H2,1-5H3,(H,34,38)(H,35,39)/t20?,22-,24?,25+,26+/m1/s1. The highest BCUT2D eigenvalue weighted by atomic mass is 16.6. The summed E-state index contributed by atoms with van der Waals surface area (Å²) in [5.74, 6) is -2.42. The highest BCUT2D eigenvalue weighted by Gasteiger charge is 2.45. The van der Waals surface area contributed by atoms with Crippen LogP contribution in [0.1, 0.15) is 76.7 Å². The molecule has 13 heteroatoms. The van der Waals surface area contributed by atoms with Crippen molar-refractivity contribution in [1.82, 2.24) is 30.4 Å². The molecule has 3 heterocycles. The fourth-order valence-electron chi connectivity index (χ4n) is 6.11. The van der Waals surface area contributed by atoms with E-state index in [1.807, 2.05) is 6.20 Å². The summed E-state index contributed by atoms with van der Waals surface area (Å²) in [5.41, 5.74) is 1.33. The zero-order valence-electron chi connectivity index (χ0n) is 26.2. The molecule has 2 fully saturated rings. The Balaban J connectivity index is 1.44. The van der Waals surface area contributed by atoms with Gasteiger partial charge in [-0.1, -0.05) is 39.7 Å². The molecule has 44 heavy (non-hydrogen) atoms. The molecule has 0 radical (unpaired) electrons. The molecule has 0 spiro atoms. The number of fused-ring (bicyclic) bond motifs is 1. The van der Waals surface area contributed by atoms with E-state index < -0.39 is 54.0 Å². The lowest BCUT2D eigenvalue weighted by Gasteiger charge is -2.34. The molecular weight excluding hydrogens is 568 g/mol. The predicted molar refractivity (Wildman–Crippen MR) is 159 cm³/mol. The summed E-state index contributed by atoms with van der Waals surface area (Å²) >= 11 is 0. The number of carbonyl (C=O) groups is 5. The Hall–Kier alpha value is -4.03. The fourth-order valence-corrected chi connectivity index (χ4v) is 6.11. The summed E-state index contributed by atoms with van der Waals surface area (Å²) in [6.07, 6.45) is 10.2. The van der Waals surface area contributed by atoms with Crippen molar-refractivity contribution < 1.29 is 33.4 Å². The number of allylic oxidation sites excluding steroid dienone is 1. The average Bonchev–Trinajstić information content (AvgIpc) is 3.45. The predicted octanol–water partition coefficient (Wildman–Crippen LogP) is 2.43. The molecule has 2 unspecified atom stereocenters. The largest absolute Gasteiger partial charge is 0.467 e. The number of rotatable bonds is 9. The number of aromatic nitrogens is 2. The van der Waals surface area contributed by atoms with E-state index in [0.29, 0.717) is 12.5 Å². The molecule has 1 saturated heterocycles. The van der Waals surface area contributed by atoms with Gasteiger partial charge in [-0.25, -0.2) is 14.6 Å². The number of nitrogens with one attached hydrogen (secondary N) is 2. The minimum atomic E-state index is -1.02. The molecule has 1 aromatic heterocycles. The van der Waals surface area contributed by atoms with E-state index in [1.54, 1.807) is 32.6 Å². The lowest BCUT2D eigenvalue weighted by atomic mass is 9.81.